The highest BCUT2D eigenvalue weighted by Crippen LogP contribution is 2.42. The van der Waals surface area contributed by atoms with Gasteiger partial charge in [-0.25, -0.2) is 0 Å². The van der Waals surface area contributed by atoms with Gasteiger partial charge in [0.15, 0.2) is 11.5 Å². The summed E-state index contributed by atoms with van der Waals surface area (Å²) in [6, 6.07) is 10.7. The number of unbranched alkanes of at least 4 members (excludes halogenated alkanes) is 6. The van der Waals surface area contributed by atoms with Crippen LogP contribution in [0.5, 0.6) is 23.0 Å². The highest BCUT2D eigenvalue weighted by Gasteiger charge is 2.20. The van der Waals surface area contributed by atoms with Gasteiger partial charge in [-0.3, -0.25) is 4.79 Å². The molecule has 0 N–H and O–H groups in total. The van der Waals surface area contributed by atoms with E-state index in [2.05, 4.69) is 31.0 Å². The number of carbonyl (C=O) groups is 1. The number of carbonyl (C=O) groups excluding carboxylic acids is 1. The summed E-state index contributed by atoms with van der Waals surface area (Å²) in [5, 5.41) is 8.54. The Morgan fingerprint density at radius 3 is 1.67 bits per heavy atom. The second-order valence-corrected chi connectivity index (χ2v) is 9.50. The zero-order valence-electron chi connectivity index (χ0n) is 23.8. The van der Waals surface area contributed by atoms with E-state index in [0.717, 1.165) is 57.8 Å². The van der Waals surface area contributed by atoms with Crippen molar-refractivity contribution in [1.29, 1.82) is 0 Å². The molecule has 0 aliphatic heterocycles. The SMILES string of the molecule is CCCCCOc1cc(-c2nnc(-c3ccc(OC(C)=O)cc3)o2)cc(OCCCCC)c1OCCCCC. The summed E-state index contributed by atoms with van der Waals surface area (Å²) >= 11 is 0. The number of esters is 1. The number of aromatic nitrogens is 2. The fourth-order valence-corrected chi connectivity index (χ4v) is 3.94. The smallest absolute Gasteiger partial charge is 0.308 e. The molecule has 8 nitrogen and oxygen atoms in total. The summed E-state index contributed by atoms with van der Waals surface area (Å²) in [4.78, 5) is 11.2. The highest BCUT2D eigenvalue weighted by molar-refractivity contribution is 5.70. The van der Waals surface area contributed by atoms with Crippen LogP contribution in [-0.4, -0.2) is 36.0 Å². The van der Waals surface area contributed by atoms with Crippen LogP contribution in [0.25, 0.3) is 22.9 Å². The number of hydrogen-bond donors (Lipinski definition) is 0. The largest absolute Gasteiger partial charge is 0.490 e. The molecule has 0 saturated carbocycles. The summed E-state index contributed by atoms with van der Waals surface area (Å²) < 4.78 is 29.8. The first-order chi connectivity index (χ1) is 19.0. The van der Waals surface area contributed by atoms with Gasteiger partial charge in [0.05, 0.1) is 19.8 Å². The molecule has 0 aliphatic carbocycles. The molecular formula is C31H42N2O6. The predicted molar refractivity (Wildman–Crippen MR) is 152 cm³/mol. The van der Waals surface area contributed by atoms with Gasteiger partial charge in [-0.1, -0.05) is 59.3 Å². The number of benzene rings is 2. The van der Waals surface area contributed by atoms with Gasteiger partial charge in [0, 0.05) is 18.1 Å². The van der Waals surface area contributed by atoms with Crippen molar-refractivity contribution in [2.45, 2.75) is 85.5 Å². The van der Waals surface area contributed by atoms with Crippen LogP contribution in [0.4, 0.5) is 0 Å². The van der Waals surface area contributed by atoms with Crippen molar-refractivity contribution in [3.63, 3.8) is 0 Å². The van der Waals surface area contributed by atoms with E-state index in [1.54, 1.807) is 24.3 Å². The van der Waals surface area contributed by atoms with Crippen LogP contribution in [0.1, 0.15) is 85.5 Å². The zero-order chi connectivity index (χ0) is 27.9. The normalized spacial score (nSPS) is 10.9. The van der Waals surface area contributed by atoms with Gasteiger partial charge in [0.2, 0.25) is 17.5 Å². The van der Waals surface area contributed by atoms with Gasteiger partial charge in [-0.05, 0) is 55.7 Å². The minimum absolute atomic E-state index is 0.350. The molecule has 0 bridgehead atoms. The Morgan fingerprint density at radius 1 is 0.692 bits per heavy atom. The van der Waals surface area contributed by atoms with Crippen molar-refractivity contribution in [3.05, 3.63) is 36.4 Å². The number of ether oxygens (including phenoxy) is 4. The molecule has 0 spiro atoms. The minimum Gasteiger partial charge on any atom is -0.490 e. The summed E-state index contributed by atoms with van der Waals surface area (Å²) in [6.45, 7) is 9.64. The average Bonchev–Trinajstić information content (AvgIpc) is 3.43. The lowest BCUT2D eigenvalue weighted by Gasteiger charge is -2.18. The Hall–Kier alpha value is -3.55. The number of nitrogens with zero attached hydrogens (tertiary/aromatic N) is 2. The number of rotatable bonds is 18. The lowest BCUT2D eigenvalue weighted by Crippen LogP contribution is -2.06. The molecule has 1 heterocycles. The first kappa shape index (κ1) is 30.0. The highest BCUT2D eigenvalue weighted by atomic mass is 16.5. The third-order valence-electron chi connectivity index (χ3n) is 6.06. The van der Waals surface area contributed by atoms with Gasteiger partial charge in [0.1, 0.15) is 5.75 Å². The molecule has 3 rings (SSSR count). The third-order valence-corrected chi connectivity index (χ3v) is 6.06. The topological polar surface area (TPSA) is 92.9 Å². The summed E-state index contributed by atoms with van der Waals surface area (Å²) in [5.74, 6) is 2.66. The van der Waals surface area contributed by atoms with E-state index < -0.39 is 0 Å². The Bertz CT molecular complexity index is 1110. The molecule has 8 heteroatoms. The van der Waals surface area contributed by atoms with Crippen LogP contribution in [0.15, 0.2) is 40.8 Å². The summed E-state index contributed by atoms with van der Waals surface area (Å²) in [6.07, 6.45) is 9.51. The molecule has 0 radical (unpaired) electrons. The van der Waals surface area contributed by atoms with E-state index in [1.165, 1.54) is 6.92 Å². The zero-order valence-corrected chi connectivity index (χ0v) is 23.8. The Labute approximate surface area is 232 Å². The maximum Gasteiger partial charge on any atom is 0.308 e. The van der Waals surface area contributed by atoms with Crippen LogP contribution in [0.2, 0.25) is 0 Å². The molecule has 212 valence electrons. The van der Waals surface area contributed by atoms with Gasteiger partial charge in [-0.2, -0.15) is 0 Å². The Morgan fingerprint density at radius 2 is 1.18 bits per heavy atom. The van der Waals surface area contributed by atoms with Gasteiger partial charge < -0.3 is 23.4 Å². The quantitative estimate of drug-likeness (QED) is 0.0912. The molecule has 0 unspecified atom stereocenters. The van der Waals surface area contributed by atoms with Crippen LogP contribution in [0.3, 0.4) is 0 Å². The standard InChI is InChI=1S/C31H42N2O6/c1-5-8-11-18-35-27-21-25(22-28(36-19-12-9-6-2)29(27)37-20-13-10-7-3)31-33-32-30(39-31)24-14-16-26(17-15-24)38-23(4)34/h14-17,21-22H,5-13,18-20H2,1-4H3. The first-order valence-corrected chi connectivity index (χ1v) is 14.2. The Balaban J connectivity index is 1.91. The molecule has 0 amide bonds. The molecule has 0 aliphatic rings. The van der Waals surface area contributed by atoms with E-state index in [9.17, 15) is 4.79 Å². The van der Waals surface area contributed by atoms with Crippen LogP contribution >= 0.6 is 0 Å². The fourth-order valence-electron chi connectivity index (χ4n) is 3.94. The molecule has 0 saturated heterocycles. The lowest BCUT2D eigenvalue weighted by atomic mass is 10.1. The fraction of sp³-hybridized carbons (Fsp3) is 0.516. The third kappa shape index (κ3) is 9.61. The number of hydrogen-bond acceptors (Lipinski definition) is 8. The van der Waals surface area contributed by atoms with Crippen LogP contribution in [-0.2, 0) is 4.79 Å². The molecular weight excluding hydrogens is 496 g/mol. The van der Waals surface area contributed by atoms with Gasteiger partial charge in [-0.15, -0.1) is 10.2 Å². The van der Waals surface area contributed by atoms with Crippen molar-refractivity contribution in [1.82, 2.24) is 10.2 Å². The first-order valence-electron chi connectivity index (χ1n) is 14.2. The maximum absolute atomic E-state index is 11.2. The second kappa shape index (κ2) is 16.4. The predicted octanol–water partition coefficient (Wildman–Crippen LogP) is 8.04. The lowest BCUT2D eigenvalue weighted by molar-refractivity contribution is -0.131. The van der Waals surface area contributed by atoms with E-state index >= 15 is 0 Å². The van der Waals surface area contributed by atoms with Gasteiger partial charge >= 0.3 is 5.97 Å². The monoisotopic (exact) mass is 538 g/mol. The van der Waals surface area contributed by atoms with Crippen molar-refractivity contribution < 1.29 is 28.2 Å². The van der Waals surface area contributed by atoms with E-state index in [0.29, 0.717) is 65.7 Å². The summed E-state index contributed by atoms with van der Waals surface area (Å²) in [5.41, 5.74) is 1.41. The maximum atomic E-state index is 11.2. The second-order valence-electron chi connectivity index (χ2n) is 9.50. The average molecular weight is 539 g/mol. The molecule has 0 atom stereocenters. The van der Waals surface area contributed by atoms with E-state index in [4.69, 9.17) is 23.4 Å². The van der Waals surface area contributed by atoms with Crippen molar-refractivity contribution in [2.75, 3.05) is 19.8 Å². The molecule has 0 fully saturated rings. The van der Waals surface area contributed by atoms with Gasteiger partial charge in [0.25, 0.3) is 0 Å². The molecule has 3 aromatic rings. The van der Waals surface area contributed by atoms with Crippen molar-refractivity contribution >= 4 is 5.97 Å². The van der Waals surface area contributed by atoms with Crippen LogP contribution < -0.4 is 18.9 Å². The molecule has 2 aromatic carbocycles. The Kier molecular flexibility index (Phi) is 12.6. The van der Waals surface area contributed by atoms with E-state index in [1.807, 2.05) is 12.1 Å². The van der Waals surface area contributed by atoms with Crippen LogP contribution in [0, 0.1) is 0 Å². The molecule has 39 heavy (non-hydrogen) atoms. The molecule has 1 aromatic heterocycles. The minimum atomic E-state index is -0.374. The van der Waals surface area contributed by atoms with Crippen molar-refractivity contribution in [3.8, 4) is 45.9 Å². The van der Waals surface area contributed by atoms with Crippen molar-refractivity contribution in [2.24, 2.45) is 0 Å². The summed E-state index contributed by atoms with van der Waals surface area (Å²) in [7, 11) is 0. The van der Waals surface area contributed by atoms with E-state index in [-0.39, 0.29) is 5.97 Å².